The number of hydrogen-bond acceptors (Lipinski definition) is 1. The fraction of sp³-hybridized carbons (Fsp3) is 0.900. The fourth-order valence-electron chi connectivity index (χ4n) is 1.50. The number of rotatable bonds is 5. The number of aliphatic carboxylic acids is 1. The molecule has 2 nitrogen and oxygen atoms in total. The Labute approximate surface area is 75.0 Å². The summed E-state index contributed by atoms with van der Waals surface area (Å²) in [6, 6.07) is 0. The summed E-state index contributed by atoms with van der Waals surface area (Å²) in [5, 5.41) is 8.72. The van der Waals surface area contributed by atoms with Crippen molar-refractivity contribution in [3.63, 3.8) is 0 Å². The Balaban J connectivity index is 4.28. The summed E-state index contributed by atoms with van der Waals surface area (Å²) in [5.74, 6) is -0.242. The van der Waals surface area contributed by atoms with Gasteiger partial charge in [-0.1, -0.05) is 34.1 Å². The Bertz CT molecular complexity index is 152. The number of carbonyl (C=O) groups is 1. The van der Waals surface area contributed by atoms with E-state index < -0.39 is 5.97 Å². The van der Waals surface area contributed by atoms with Crippen LogP contribution < -0.4 is 0 Å². The highest BCUT2D eigenvalue weighted by Crippen LogP contribution is 2.35. The van der Waals surface area contributed by atoms with Gasteiger partial charge in [-0.15, -0.1) is 0 Å². The zero-order valence-corrected chi connectivity index (χ0v) is 8.55. The monoisotopic (exact) mass is 172 g/mol. The third kappa shape index (κ3) is 3.24. The molecule has 0 heterocycles. The molecule has 0 saturated carbocycles. The van der Waals surface area contributed by atoms with E-state index in [1.807, 2.05) is 0 Å². The van der Waals surface area contributed by atoms with Crippen LogP contribution in [0.4, 0.5) is 0 Å². The predicted octanol–water partition coefficient (Wildman–Crippen LogP) is 2.92. The van der Waals surface area contributed by atoms with Crippen LogP contribution in [0, 0.1) is 11.3 Å². The minimum atomic E-state index is -0.681. The lowest BCUT2D eigenvalue weighted by Gasteiger charge is -2.31. The first-order chi connectivity index (χ1) is 5.42. The molecule has 0 aliphatic rings. The smallest absolute Gasteiger partial charge is 0.303 e. The van der Waals surface area contributed by atoms with E-state index in [1.54, 1.807) is 0 Å². The van der Waals surface area contributed by atoms with Crippen molar-refractivity contribution in [2.75, 3.05) is 0 Å². The Kier molecular flexibility index (Phi) is 4.29. The van der Waals surface area contributed by atoms with Crippen molar-refractivity contribution in [2.45, 2.75) is 47.0 Å². The molecule has 0 aliphatic carbocycles. The Morgan fingerprint density at radius 1 is 1.50 bits per heavy atom. The van der Waals surface area contributed by atoms with Crippen molar-refractivity contribution in [3.8, 4) is 0 Å². The predicted molar refractivity (Wildman–Crippen MR) is 50.1 cm³/mol. The van der Waals surface area contributed by atoms with E-state index in [1.165, 1.54) is 0 Å². The fourth-order valence-corrected chi connectivity index (χ4v) is 1.50. The molecule has 0 rings (SSSR count). The third-order valence-corrected chi connectivity index (χ3v) is 2.77. The second-order valence-corrected chi connectivity index (χ2v) is 4.13. The van der Waals surface area contributed by atoms with Gasteiger partial charge in [0.05, 0.1) is 6.42 Å². The molecule has 1 atom stereocenters. The average molecular weight is 172 g/mol. The molecule has 1 unspecified atom stereocenters. The van der Waals surface area contributed by atoms with Crippen LogP contribution in [0.1, 0.15) is 47.0 Å². The first-order valence-corrected chi connectivity index (χ1v) is 4.64. The van der Waals surface area contributed by atoms with Gasteiger partial charge in [-0.05, 0) is 17.8 Å². The van der Waals surface area contributed by atoms with Gasteiger partial charge in [-0.3, -0.25) is 4.79 Å². The van der Waals surface area contributed by atoms with Gasteiger partial charge in [-0.2, -0.15) is 0 Å². The van der Waals surface area contributed by atoms with Crippen molar-refractivity contribution in [2.24, 2.45) is 11.3 Å². The summed E-state index contributed by atoms with van der Waals surface area (Å²) in [4.78, 5) is 10.6. The van der Waals surface area contributed by atoms with Crippen molar-refractivity contribution < 1.29 is 9.90 Å². The quantitative estimate of drug-likeness (QED) is 0.692. The highest BCUT2D eigenvalue weighted by molar-refractivity contribution is 5.67. The zero-order chi connectivity index (χ0) is 9.78. The molecule has 0 aromatic carbocycles. The van der Waals surface area contributed by atoms with E-state index in [0.717, 1.165) is 12.8 Å². The molecule has 0 aromatic rings. The van der Waals surface area contributed by atoms with Gasteiger partial charge >= 0.3 is 5.97 Å². The standard InChI is InChI=1S/C10H20O2/c1-5-6-10(4,8(2)3)7-9(11)12/h8H,5-7H2,1-4H3,(H,11,12). The summed E-state index contributed by atoms with van der Waals surface area (Å²) in [6.45, 7) is 8.36. The van der Waals surface area contributed by atoms with Gasteiger partial charge < -0.3 is 5.11 Å². The lowest BCUT2D eigenvalue weighted by atomic mass is 9.73. The normalized spacial score (nSPS) is 16.1. The van der Waals surface area contributed by atoms with Crippen molar-refractivity contribution in [1.82, 2.24) is 0 Å². The molecule has 0 aromatic heterocycles. The second kappa shape index (κ2) is 4.48. The first-order valence-electron chi connectivity index (χ1n) is 4.64. The van der Waals surface area contributed by atoms with Gasteiger partial charge in [-0.25, -0.2) is 0 Å². The minimum absolute atomic E-state index is 0.0272. The van der Waals surface area contributed by atoms with E-state index in [2.05, 4.69) is 27.7 Å². The Morgan fingerprint density at radius 3 is 2.25 bits per heavy atom. The molecule has 0 saturated heterocycles. The van der Waals surface area contributed by atoms with Crippen LogP contribution in [-0.4, -0.2) is 11.1 Å². The number of carboxylic acids is 1. The number of hydrogen-bond donors (Lipinski definition) is 1. The number of carboxylic acid groups (broad SMARTS) is 1. The van der Waals surface area contributed by atoms with Crippen LogP contribution in [-0.2, 0) is 4.79 Å². The van der Waals surface area contributed by atoms with E-state index in [9.17, 15) is 4.79 Å². The molecule has 1 N–H and O–H groups in total. The molecule has 0 fully saturated rings. The van der Waals surface area contributed by atoms with Gasteiger partial charge in [0.25, 0.3) is 0 Å². The molecule has 0 amide bonds. The zero-order valence-electron chi connectivity index (χ0n) is 8.55. The highest BCUT2D eigenvalue weighted by Gasteiger charge is 2.29. The molecular formula is C10H20O2. The van der Waals surface area contributed by atoms with Crippen LogP contribution in [0.3, 0.4) is 0 Å². The van der Waals surface area contributed by atoms with Crippen molar-refractivity contribution in [1.29, 1.82) is 0 Å². The largest absolute Gasteiger partial charge is 0.481 e. The van der Waals surface area contributed by atoms with Gasteiger partial charge in [0.1, 0.15) is 0 Å². The summed E-state index contributed by atoms with van der Waals surface area (Å²) >= 11 is 0. The van der Waals surface area contributed by atoms with Gasteiger partial charge in [0, 0.05) is 0 Å². The van der Waals surface area contributed by atoms with Crippen molar-refractivity contribution >= 4 is 5.97 Å². The maximum absolute atomic E-state index is 10.6. The van der Waals surface area contributed by atoms with Gasteiger partial charge in [0.15, 0.2) is 0 Å². The molecule has 0 radical (unpaired) electrons. The third-order valence-electron chi connectivity index (χ3n) is 2.77. The molecule has 12 heavy (non-hydrogen) atoms. The van der Waals surface area contributed by atoms with E-state index in [4.69, 9.17) is 5.11 Å². The minimum Gasteiger partial charge on any atom is -0.481 e. The SMILES string of the molecule is CCCC(C)(CC(=O)O)C(C)C. The summed E-state index contributed by atoms with van der Waals surface area (Å²) < 4.78 is 0. The van der Waals surface area contributed by atoms with Crippen LogP contribution >= 0.6 is 0 Å². The van der Waals surface area contributed by atoms with E-state index in [0.29, 0.717) is 12.3 Å². The van der Waals surface area contributed by atoms with Crippen LogP contribution in [0.2, 0.25) is 0 Å². The second-order valence-electron chi connectivity index (χ2n) is 4.13. The molecular weight excluding hydrogens is 152 g/mol. The lowest BCUT2D eigenvalue weighted by molar-refractivity contribution is -0.140. The Hall–Kier alpha value is -0.530. The molecule has 2 heteroatoms. The Morgan fingerprint density at radius 2 is 2.00 bits per heavy atom. The summed E-state index contributed by atoms with van der Waals surface area (Å²) in [5.41, 5.74) is -0.0272. The average Bonchev–Trinajstić information content (AvgIpc) is 1.85. The van der Waals surface area contributed by atoms with Crippen LogP contribution in [0.5, 0.6) is 0 Å². The van der Waals surface area contributed by atoms with E-state index in [-0.39, 0.29) is 5.41 Å². The van der Waals surface area contributed by atoms with E-state index >= 15 is 0 Å². The van der Waals surface area contributed by atoms with Crippen LogP contribution in [0.25, 0.3) is 0 Å². The maximum Gasteiger partial charge on any atom is 0.303 e. The molecule has 0 bridgehead atoms. The molecule has 0 spiro atoms. The van der Waals surface area contributed by atoms with Crippen LogP contribution in [0.15, 0.2) is 0 Å². The maximum atomic E-state index is 10.6. The van der Waals surface area contributed by atoms with Gasteiger partial charge in [0.2, 0.25) is 0 Å². The topological polar surface area (TPSA) is 37.3 Å². The van der Waals surface area contributed by atoms with Crippen molar-refractivity contribution in [3.05, 3.63) is 0 Å². The first kappa shape index (κ1) is 11.5. The lowest BCUT2D eigenvalue weighted by Crippen LogP contribution is -2.26. The summed E-state index contributed by atoms with van der Waals surface area (Å²) in [6.07, 6.45) is 2.34. The highest BCUT2D eigenvalue weighted by atomic mass is 16.4. The molecule has 72 valence electrons. The summed E-state index contributed by atoms with van der Waals surface area (Å²) in [7, 11) is 0. The molecule has 0 aliphatic heterocycles.